The standard InChI is InChI=1S/C15H17NO3/c1-3-9-15(2)14(18)16(10-11-19-15)13(17)12-7-5-4-6-8-12/h3-8H,1,9-11H2,2H3/t15-/m0/s1. The molecule has 0 aliphatic carbocycles. The molecule has 19 heavy (non-hydrogen) atoms. The molecule has 0 N–H and O–H groups in total. The van der Waals surface area contributed by atoms with Crippen LogP contribution in [0.1, 0.15) is 23.7 Å². The van der Waals surface area contributed by atoms with E-state index in [9.17, 15) is 9.59 Å². The number of carbonyl (C=O) groups is 2. The van der Waals surface area contributed by atoms with E-state index in [2.05, 4.69) is 6.58 Å². The van der Waals surface area contributed by atoms with Crippen molar-refractivity contribution in [1.82, 2.24) is 4.90 Å². The highest BCUT2D eigenvalue weighted by Gasteiger charge is 2.42. The van der Waals surface area contributed by atoms with Crippen LogP contribution in [0.3, 0.4) is 0 Å². The first-order valence-corrected chi connectivity index (χ1v) is 6.25. The Labute approximate surface area is 112 Å². The van der Waals surface area contributed by atoms with Gasteiger partial charge in [0.05, 0.1) is 13.2 Å². The van der Waals surface area contributed by atoms with Crippen molar-refractivity contribution in [3.05, 3.63) is 48.6 Å². The van der Waals surface area contributed by atoms with Gasteiger partial charge >= 0.3 is 0 Å². The number of carbonyl (C=O) groups excluding carboxylic acids is 2. The molecule has 1 aliphatic rings. The van der Waals surface area contributed by atoms with E-state index in [1.807, 2.05) is 6.07 Å². The Morgan fingerprint density at radius 1 is 1.47 bits per heavy atom. The summed E-state index contributed by atoms with van der Waals surface area (Å²) in [6.07, 6.45) is 2.03. The Morgan fingerprint density at radius 3 is 2.79 bits per heavy atom. The van der Waals surface area contributed by atoms with Gasteiger partial charge in [0.15, 0.2) is 0 Å². The molecule has 1 heterocycles. The summed E-state index contributed by atoms with van der Waals surface area (Å²) in [6, 6.07) is 8.80. The molecular formula is C15H17NO3. The number of hydrogen-bond donors (Lipinski definition) is 0. The maximum absolute atomic E-state index is 12.4. The molecule has 4 nitrogen and oxygen atoms in total. The average molecular weight is 259 g/mol. The SMILES string of the molecule is C=CC[C@]1(C)OCCN(C(=O)c2ccccc2)C1=O. The largest absolute Gasteiger partial charge is 0.363 e. The molecule has 0 radical (unpaired) electrons. The van der Waals surface area contributed by atoms with Crippen LogP contribution < -0.4 is 0 Å². The Bertz CT molecular complexity index is 497. The zero-order valence-electron chi connectivity index (χ0n) is 11.0. The van der Waals surface area contributed by atoms with Crippen molar-refractivity contribution >= 4 is 11.8 Å². The Morgan fingerprint density at radius 2 is 2.16 bits per heavy atom. The van der Waals surface area contributed by atoms with Crippen molar-refractivity contribution in [1.29, 1.82) is 0 Å². The van der Waals surface area contributed by atoms with E-state index in [0.717, 1.165) is 0 Å². The first-order chi connectivity index (χ1) is 9.08. The number of amides is 2. The Balaban J connectivity index is 2.23. The van der Waals surface area contributed by atoms with Gasteiger partial charge in [0.2, 0.25) is 0 Å². The molecule has 1 aliphatic heterocycles. The molecule has 1 saturated heterocycles. The van der Waals surface area contributed by atoms with Crippen LogP contribution >= 0.6 is 0 Å². The average Bonchev–Trinajstić information content (AvgIpc) is 2.43. The lowest BCUT2D eigenvalue weighted by molar-refractivity contribution is -0.163. The van der Waals surface area contributed by atoms with Gasteiger partial charge in [-0.1, -0.05) is 24.3 Å². The number of benzene rings is 1. The Hall–Kier alpha value is -1.94. The lowest BCUT2D eigenvalue weighted by Crippen LogP contribution is -2.56. The van der Waals surface area contributed by atoms with Gasteiger partial charge in [-0.05, 0) is 19.1 Å². The van der Waals surface area contributed by atoms with Gasteiger partial charge in [-0.15, -0.1) is 6.58 Å². The minimum atomic E-state index is -0.982. The minimum Gasteiger partial charge on any atom is -0.363 e. The second kappa shape index (κ2) is 5.36. The summed E-state index contributed by atoms with van der Waals surface area (Å²) in [6.45, 7) is 5.97. The number of ether oxygens (including phenoxy) is 1. The van der Waals surface area contributed by atoms with E-state index in [1.54, 1.807) is 37.3 Å². The summed E-state index contributed by atoms with van der Waals surface area (Å²) in [4.78, 5) is 26.0. The zero-order chi connectivity index (χ0) is 13.9. The van der Waals surface area contributed by atoms with E-state index in [0.29, 0.717) is 25.1 Å². The zero-order valence-corrected chi connectivity index (χ0v) is 11.0. The molecule has 1 aromatic carbocycles. The molecule has 100 valence electrons. The fourth-order valence-electron chi connectivity index (χ4n) is 2.16. The molecule has 0 bridgehead atoms. The monoisotopic (exact) mass is 259 g/mol. The molecule has 1 atom stereocenters. The number of imide groups is 1. The van der Waals surface area contributed by atoms with Crippen molar-refractivity contribution in [2.75, 3.05) is 13.2 Å². The van der Waals surface area contributed by atoms with Crippen LogP contribution in [0.15, 0.2) is 43.0 Å². The molecule has 2 rings (SSSR count). The number of hydrogen-bond acceptors (Lipinski definition) is 3. The first-order valence-electron chi connectivity index (χ1n) is 6.25. The fourth-order valence-corrected chi connectivity index (χ4v) is 2.16. The second-order valence-corrected chi connectivity index (χ2v) is 4.70. The molecule has 1 aromatic rings. The van der Waals surface area contributed by atoms with Gasteiger partial charge in [-0.25, -0.2) is 0 Å². The predicted octanol–water partition coefficient (Wildman–Crippen LogP) is 2.02. The van der Waals surface area contributed by atoms with Crippen molar-refractivity contribution in [2.45, 2.75) is 18.9 Å². The summed E-state index contributed by atoms with van der Waals surface area (Å²) in [5, 5.41) is 0. The van der Waals surface area contributed by atoms with Crippen LogP contribution in [0.5, 0.6) is 0 Å². The first kappa shape index (κ1) is 13.5. The van der Waals surface area contributed by atoms with E-state index in [1.165, 1.54) is 4.90 Å². The van der Waals surface area contributed by atoms with Crippen molar-refractivity contribution < 1.29 is 14.3 Å². The molecule has 0 saturated carbocycles. The van der Waals surface area contributed by atoms with Crippen LogP contribution in [-0.4, -0.2) is 35.5 Å². The van der Waals surface area contributed by atoms with Crippen LogP contribution in [-0.2, 0) is 9.53 Å². The highest BCUT2D eigenvalue weighted by Crippen LogP contribution is 2.24. The summed E-state index contributed by atoms with van der Waals surface area (Å²) in [5.41, 5.74) is -0.469. The van der Waals surface area contributed by atoms with Gasteiger partial charge in [-0.2, -0.15) is 0 Å². The maximum atomic E-state index is 12.4. The summed E-state index contributed by atoms with van der Waals surface area (Å²) < 4.78 is 5.52. The van der Waals surface area contributed by atoms with Crippen LogP contribution in [0.4, 0.5) is 0 Å². The third-order valence-corrected chi connectivity index (χ3v) is 3.23. The van der Waals surface area contributed by atoms with Crippen LogP contribution in [0, 0.1) is 0 Å². The van der Waals surface area contributed by atoms with Gasteiger partial charge < -0.3 is 4.74 Å². The second-order valence-electron chi connectivity index (χ2n) is 4.70. The molecule has 0 spiro atoms. The van der Waals surface area contributed by atoms with Crippen molar-refractivity contribution in [3.63, 3.8) is 0 Å². The normalized spacial score (nSPS) is 23.2. The number of rotatable bonds is 3. The number of nitrogens with zero attached hydrogens (tertiary/aromatic N) is 1. The molecule has 0 aromatic heterocycles. The molecule has 0 unspecified atom stereocenters. The fraction of sp³-hybridized carbons (Fsp3) is 0.333. The predicted molar refractivity (Wildman–Crippen MR) is 71.7 cm³/mol. The summed E-state index contributed by atoms with van der Waals surface area (Å²) in [5.74, 6) is -0.573. The number of morpholine rings is 1. The highest BCUT2D eigenvalue weighted by atomic mass is 16.5. The maximum Gasteiger partial charge on any atom is 0.261 e. The van der Waals surface area contributed by atoms with Crippen LogP contribution in [0.25, 0.3) is 0 Å². The van der Waals surface area contributed by atoms with Gasteiger partial charge in [-0.3, -0.25) is 14.5 Å². The summed E-state index contributed by atoms with van der Waals surface area (Å²) in [7, 11) is 0. The lowest BCUT2D eigenvalue weighted by Gasteiger charge is -2.37. The van der Waals surface area contributed by atoms with Gasteiger partial charge in [0, 0.05) is 12.0 Å². The Kier molecular flexibility index (Phi) is 3.81. The van der Waals surface area contributed by atoms with E-state index in [4.69, 9.17) is 4.74 Å². The topological polar surface area (TPSA) is 46.6 Å². The quantitative estimate of drug-likeness (QED) is 0.616. The third kappa shape index (κ3) is 2.58. The minimum absolute atomic E-state index is 0.274. The van der Waals surface area contributed by atoms with E-state index in [-0.39, 0.29) is 11.8 Å². The van der Waals surface area contributed by atoms with E-state index < -0.39 is 5.60 Å². The van der Waals surface area contributed by atoms with Gasteiger partial charge in [0.25, 0.3) is 11.8 Å². The van der Waals surface area contributed by atoms with Crippen LogP contribution in [0.2, 0.25) is 0 Å². The molecule has 2 amide bonds. The van der Waals surface area contributed by atoms with Gasteiger partial charge in [0.1, 0.15) is 5.60 Å². The molecular weight excluding hydrogens is 242 g/mol. The summed E-state index contributed by atoms with van der Waals surface area (Å²) >= 11 is 0. The van der Waals surface area contributed by atoms with Crippen molar-refractivity contribution in [2.24, 2.45) is 0 Å². The molecule has 4 heteroatoms. The van der Waals surface area contributed by atoms with Crippen molar-refractivity contribution in [3.8, 4) is 0 Å². The smallest absolute Gasteiger partial charge is 0.261 e. The molecule has 1 fully saturated rings. The highest BCUT2D eigenvalue weighted by molar-refractivity contribution is 6.07. The lowest BCUT2D eigenvalue weighted by atomic mass is 9.98. The van der Waals surface area contributed by atoms with E-state index >= 15 is 0 Å². The third-order valence-electron chi connectivity index (χ3n) is 3.23.